The first-order valence-electron chi connectivity index (χ1n) is 3.13. The summed E-state index contributed by atoms with van der Waals surface area (Å²) in [5.74, 6) is -1.76. The van der Waals surface area contributed by atoms with E-state index in [1.54, 1.807) is 0 Å². The molecule has 0 aliphatic heterocycles. The standard InChI is InChI=1S/C5H7N3O4/c6-2(1-3(9)10)4-7-5(11)12-8-4/h2H,1,6H2,(H,9,10)(H,7,8,11)/t2-/m0/s1. The van der Waals surface area contributed by atoms with E-state index in [9.17, 15) is 9.59 Å². The minimum Gasteiger partial charge on any atom is -0.481 e. The summed E-state index contributed by atoms with van der Waals surface area (Å²) in [4.78, 5) is 22.7. The minimum atomic E-state index is -1.06. The lowest BCUT2D eigenvalue weighted by molar-refractivity contribution is -0.137. The number of aliphatic carboxylic acids is 1. The van der Waals surface area contributed by atoms with Crippen molar-refractivity contribution in [2.75, 3.05) is 0 Å². The van der Waals surface area contributed by atoms with Crippen LogP contribution in [0.4, 0.5) is 0 Å². The van der Waals surface area contributed by atoms with E-state index < -0.39 is 17.8 Å². The third kappa shape index (κ3) is 1.92. The van der Waals surface area contributed by atoms with Gasteiger partial charge in [-0.1, -0.05) is 5.16 Å². The van der Waals surface area contributed by atoms with Crippen LogP contribution in [0.25, 0.3) is 0 Å². The van der Waals surface area contributed by atoms with Gasteiger partial charge in [0.05, 0.1) is 12.5 Å². The van der Waals surface area contributed by atoms with Crippen LogP contribution in [0.3, 0.4) is 0 Å². The number of nitrogens with two attached hydrogens (primary N) is 1. The molecular formula is C5H7N3O4. The lowest BCUT2D eigenvalue weighted by Crippen LogP contribution is -2.17. The predicted octanol–water partition coefficient (Wildman–Crippen LogP) is -1.16. The summed E-state index contributed by atoms with van der Waals surface area (Å²) in [6.07, 6.45) is -0.303. The Morgan fingerprint density at radius 2 is 2.50 bits per heavy atom. The van der Waals surface area contributed by atoms with Gasteiger partial charge in [-0.05, 0) is 0 Å². The van der Waals surface area contributed by atoms with Gasteiger partial charge in [0.25, 0.3) is 0 Å². The molecule has 7 heteroatoms. The van der Waals surface area contributed by atoms with Gasteiger partial charge in [0, 0.05) is 0 Å². The zero-order chi connectivity index (χ0) is 9.14. The van der Waals surface area contributed by atoms with Gasteiger partial charge in [0.2, 0.25) is 0 Å². The summed E-state index contributed by atoms with van der Waals surface area (Å²) in [7, 11) is 0. The van der Waals surface area contributed by atoms with Gasteiger partial charge in [0.1, 0.15) is 0 Å². The fourth-order valence-electron chi connectivity index (χ4n) is 0.686. The molecule has 1 heterocycles. The molecule has 0 saturated carbocycles. The van der Waals surface area contributed by atoms with E-state index >= 15 is 0 Å². The van der Waals surface area contributed by atoms with E-state index in [4.69, 9.17) is 10.8 Å². The maximum Gasteiger partial charge on any atom is 0.438 e. The van der Waals surface area contributed by atoms with Crippen molar-refractivity contribution in [3.05, 3.63) is 16.4 Å². The predicted molar refractivity (Wildman–Crippen MR) is 36.3 cm³/mol. The molecule has 66 valence electrons. The highest BCUT2D eigenvalue weighted by Crippen LogP contribution is 2.05. The molecule has 1 atom stereocenters. The lowest BCUT2D eigenvalue weighted by atomic mass is 10.2. The van der Waals surface area contributed by atoms with Crippen LogP contribution in [-0.2, 0) is 4.79 Å². The summed E-state index contributed by atoms with van der Waals surface area (Å²) in [6.45, 7) is 0. The molecule has 0 saturated heterocycles. The molecule has 7 nitrogen and oxygen atoms in total. The number of carboxylic acid groups (broad SMARTS) is 1. The number of aromatic nitrogens is 2. The van der Waals surface area contributed by atoms with E-state index in [0.29, 0.717) is 0 Å². The van der Waals surface area contributed by atoms with Gasteiger partial charge in [0.15, 0.2) is 5.82 Å². The first kappa shape index (κ1) is 8.47. The summed E-state index contributed by atoms with van der Waals surface area (Å²) < 4.78 is 4.13. The van der Waals surface area contributed by atoms with Crippen LogP contribution < -0.4 is 11.5 Å². The maximum atomic E-state index is 10.4. The second kappa shape index (κ2) is 3.18. The Morgan fingerprint density at radius 1 is 1.83 bits per heavy atom. The highest BCUT2D eigenvalue weighted by molar-refractivity contribution is 5.67. The van der Waals surface area contributed by atoms with E-state index in [0.717, 1.165) is 0 Å². The fourth-order valence-corrected chi connectivity index (χ4v) is 0.686. The molecule has 4 N–H and O–H groups in total. The summed E-state index contributed by atoms with van der Waals surface area (Å²) >= 11 is 0. The molecule has 0 radical (unpaired) electrons. The quantitative estimate of drug-likeness (QED) is 0.529. The van der Waals surface area contributed by atoms with Crippen LogP contribution >= 0.6 is 0 Å². The van der Waals surface area contributed by atoms with Crippen LogP contribution in [0, 0.1) is 0 Å². The van der Waals surface area contributed by atoms with Crippen molar-refractivity contribution >= 4 is 5.97 Å². The topological polar surface area (TPSA) is 122 Å². The smallest absolute Gasteiger partial charge is 0.438 e. The SMILES string of the molecule is N[C@@H](CC(=O)O)c1noc(=O)[nH]1. The molecule has 1 rings (SSSR count). The van der Waals surface area contributed by atoms with Crippen molar-refractivity contribution in [1.29, 1.82) is 0 Å². The number of carboxylic acids is 1. The zero-order valence-electron chi connectivity index (χ0n) is 5.98. The molecule has 1 aromatic heterocycles. The van der Waals surface area contributed by atoms with Crippen molar-refractivity contribution in [2.45, 2.75) is 12.5 Å². The Morgan fingerprint density at radius 3 is 2.92 bits per heavy atom. The number of H-pyrrole nitrogens is 1. The van der Waals surface area contributed by atoms with Crippen molar-refractivity contribution in [2.24, 2.45) is 5.73 Å². The largest absolute Gasteiger partial charge is 0.481 e. The third-order valence-corrected chi connectivity index (χ3v) is 1.20. The van der Waals surface area contributed by atoms with Crippen LogP contribution in [-0.4, -0.2) is 21.2 Å². The number of nitrogens with zero attached hydrogens (tertiary/aromatic N) is 1. The molecule has 0 unspecified atom stereocenters. The molecule has 0 spiro atoms. The van der Waals surface area contributed by atoms with Crippen LogP contribution in [0.5, 0.6) is 0 Å². The van der Waals surface area contributed by atoms with Gasteiger partial charge >= 0.3 is 11.7 Å². The number of rotatable bonds is 3. The Hall–Kier alpha value is -1.63. The average molecular weight is 173 g/mol. The van der Waals surface area contributed by atoms with Gasteiger partial charge in [-0.15, -0.1) is 0 Å². The lowest BCUT2D eigenvalue weighted by Gasteiger charge is -2.01. The molecule has 0 aliphatic carbocycles. The second-order valence-corrected chi connectivity index (χ2v) is 2.18. The van der Waals surface area contributed by atoms with E-state index in [2.05, 4.69) is 14.7 Å². The van der Waals surface area contributed by atoms with Crippen LogP contribution in [0.15, 0.2) is 9.32 Å². The monoisotopic (exact) mass is 173 g/mol. The van der Waals surface area contributed by atoms with Gasteiger partial charge in [-0.3, -0.25) is 14.3 Å². The number of carbonyl (C=O) groups is 1. The summed E-state index contributed by atoms with van der Waals surface area (Å²) in [6, 6.07) is -0.839. The highest BCUT2D eigenvalue weighted by atomic mass is 16.5. The average Bonchev–Trinajstić information content (AvgIpc) is 2.34. The van der Waals surface area contributed by atoms with Crippen molar-refractivity contribution in [3.8, 4) is 0 Å². The Labute approximate surface area is 66.2 Å². The molecule has 0 bridgehead atoms. The first-order chi connectivity index (χ1) is 5.59. The maximum absolute atomic E-state index is 10.4. The van der Waals surface area contributed by atoms with E-state index in [-0.39, 0.29) is 12.2 Å². The molecule has 1 aromatic rings. The Kier molecular flexibility index (Phi) is 2.24. The number of hydrogen-bond donors (Lipinski definition) is 3. The Balaban J connectivity index is 2.71. The minimum absolute atomic E-state index is 0.0439. The number of hydrogen-bond acceptors (Lipinski definition) is 5. The summed E-state index contributed by atoms with van der Waals surface area (Å²) in [5, 5.41) is 11.6. The fraction of sp³-hybridized carbons (Fsp3) is 0.400. The first-order valence-corrected chi connectivity index (χ1v) is 3.13. The third-order valence-electron chi connectivity index (χ3n) is 1.20. The van der Waals surface area contributed by atoms with Gasteiger partial charge in [-0.2, -0.15) is 0 Å². The summed E-state index contributed by atoms with van der Waals surface area (Å²) in [5.41, 5.74) is 5.34. The van der Waals surface area contributed by atoms with E-state index in [1.807, 2.05) is 0 Å². The molecule has 0 fully saturated rings. The highest BCUT2D eigenvalue weighted by Gasteiger charge is 2.14. The molecular weight excluding hydrogens is 166 g/mol. The van der Waals surface area contributed by atoms with E-state index in [1.165, 1.54) is 0 Å². The molecule has 0 aliphatic rings. The van der Waals surface area contributed by atoms with Crippen LogP contribution in [0.1, 0.15) is 18.3 Å². The van der Waals surface area contributed by atoms with Crippen molar-refractivity contribution in [1.82, 2.24) is 10.1 Å². The molecule has 12 heavy (non-hydrogen) atoms. The van der Waals surface area contributed by atoms with Crippen molar-refractivity contribution in [3.63, 3.8) is 0 Å². The number of aromatic amines is 1. The second-order valence-electron chi connectivity index (χ2n) is 2.18. The molecule has 0 amide bonds. The van der Waals surface area contributed by atoms with Gasteiger partial charge < -0.3 is 10.8 Å². The van der Waals surface area contributed by atoms with Gasteiger partial charge in [-0.25, -0.2) is 4.79 Å². The molecule has 0 aromatic carbocycles. The number of nitrogens with one attached hydrogen (secondary N) is 1. The Bertz CT molecular complexity index is 327. The zero-order valence-corrected chi connectivity index (χ0v) is 5.98. The normalized spacial score (nSPS) is 12.8. The van der Waals surface area contributed by atoms with Crippen LogP contribution in [0.2, 0.25) is 0 Å². The van der Waals surface area contributed by atoms with Crippen molar-refractivity contribution < 1.29 is 14.4 Å².